The minimum atomic E-state index is -3.48. The van der Waals surface area contributed by atoms with E-state index in [1.807, 2.05) is 23.1 Å². The Morgan fingerprint density at radius 2 is 1.84 bits per heavy atom. The minimum absolute atomic E-state index is 0.142. The number of nitrogens with zero attached hydrogens (tertiary/aromatic N) is 5. The molecule has 0 atom stereocenters. The number of para-hydroxylation sites is 2. The molecule has 0 saturated carbocycles. The molecule has 0 radical (unpaired) electrons. The number of halogens is 1. The van der Waals surface area contributed by atoms with Crippen LogP contribution in [0.15, 0.2) is 48.7 Å². The van der Waals surface area contributed by atoms with Crippen LogP contribution in [0.5, 0.6) is 5.75 Å². The Morgan fingerprint density at radius 1 is 1.11 bits per heavy atom. The number of sulfonamides is 1. The number of nitrogens with one attached hydrogen (secondary N) is 2. The number of aromatic nitrogens is 2. The maximum atomic E-state index is 12.2. The van der Waals surface area contributed by atoms with Gasteiger partial charge in [-0.25, -0.2) is 13.4 Å². The average molecular weight is 644 g/mol. The highest BCUT2D eigenvalue weighted by molar-refractivity contribution is 7.92. The monoisotopic (exact) mass is 643 g/mol. The third-order valence-electron chi connectivity index (χ3n) is 8.21. The number of carboxylic acids is 1. The molecule has 0 bridgehead atoms. The maximum absolute atomic E-state index is 12.2. The molecule has 2 saturated heterocycles. The van der Waals surface area contributed by atoms with E-state index in [2.05, 4.69) is 25.5 Å². The van der Waals surface area contributed by atoms with E-state index in [4.69, 9.17) is 21.4 Å². The van der Waals surface area contributed by atoms with E-state index in [9.17, 15) is 13.2 Å². The van der Waals surface area contributed by atoms with Crippen LogP contribution in [0.1, 0.15) is 19.3 Å². The molecule has 2 aliphatic rings. The number of ether oxygens (including phenoxy) is 1. The highest BCUT2D eigenvalue weighted by Crippen LogP contribution is 2.36. The van der Waals surface area contributed by atoms with E-state index in [0.717, 1.165) is 57.4 Å². The quantitative estimate of drug-likeness (QED) is 0.254. The van der Waals surface area contributed by atoms with Gasteiger partial charge in [0.05, 0.1) is 43.2 Å². The van der Waals surface area contributed by atoms with Crippen LogP contribution in [0.4, 0.5) is 34.5 Å². The highest BCUT2D eigenvalue weighted by Gasteiger charge is 2.31. The number of carboxylic acid groups (broad SMARTS) is 1. The van der Waals surface area contributed by atoms with Crippen molar-refractivity contribution in [2.75, 3.05) is 73.0 Å². The lowest BCUT2D eigenvalue weighted by molar-refractivity contribution is -0.140. The van der Waals surface area contributed by atoms with Crippen LogP contribution in [0.2, 0.25) is 5.02 Å². The van der Waals surface area contributed by atoms with Crippen molar-refractivity contribution >= 4 is 62.1 Å². The molecule has 0 amide bonds. The molecule has 0 aliphatic carbocycles. The first kappa shape index (κ1) is 31.6. The van der Waals surface area contributed by atoms with Crippen molar-refractivity contribution < 1.29 is 23.1 Å². The lowest BCUT2D eigenvalue weighted by Gasteiger charge is -2.42. The van der Waals surface area contributed by atoms with Gasteiger partial charge in [0.1, 0.15) is 10.8 Å². The van der Waals surface area contributed by atoms with E-state index < -0.39 is 16.0 Å². The molecule has 5 rings (SSSR count). The number of methoxy groups -OCH3 is 1. The van der Waals surface area contributed by atoms with Gasteiger partial charge in [0.25, 0.3) is 0 Å². The molecule has 44 heavy (non-hydrogen) atoms. The molecule has 236 valence electrons. The molecule has 3 heterocycles. The smallest absolute Gasteiger partial charge is 0.317 e. The van der Waals surface area contributed by atoms with Crippen LogP contribution >= 0.6 is 11.6 Å². The standard InChI is InChI=1S/C30H38ClN7O5S/c1-36(44(3,41)42)26-7-5-4-6-24(26)33-29-23(31)16-32-30(35-29)34-25-9-8-22(15-27(25)43-2)38-12-10-20(11-13-38)14-21-17-37(18-21)19-28(39)40/h4-9,15-16,20-21H,10-14,17-19H2,1-3H3,(H,39,40)(H2,32,33,34,35). The molecule has 12 nitrogen and oxygen atoms in total. The van der Waals surface area contributed by atoms with Gasteiger partial charge in [0, 0.05) is 45.0 Å². The molecule has 3 N–H and O–H groups in total. The molecule has 0 unspecified atom stereocenters. The zero-order valence-corrected chi connectivity index (χ0v) is 26.6. The van der Waals surface area contributed by atoms with Crippen LogP contribution in [0.3, 0.4) is 0 Å². The van der Waals surface area contributed by atoms with Crippen LogP contribution in [-0.4, -0.2) is 87.5 Å². The fraction of sp³-hybridized carbons (Fsp3) is 0.433. The lowest BCUT2D eigenvalue weighted by Crippen LogP contribution is -2.49. The number of carbonyl (C=O) groups is 1. The van der Waals surface area contributed by atoms with Crippen LogP contribution in [-0.2, 0) is 14.8 Å². The first-order valence-electron chi connectivity index (χ1n) is 14.5. The third kappa shape index (κ3) is 7.63. The fourth-order valence-corrected chi connectivity index (χ4v) is 6.47. The minimum Gasteiger partial charge on any atom is -0.494 e. The summed E-state index contributed by atoms with van der Waals surface area (Å²) in [5.41, 5.74) is 2.73. The molecule has 2 aromatic carbocycles. The molecular weight excluding hydrogens is 606 g/mol. The average Bonchev–Trinajstić information content (AvgIpc) is 2.97. The van der Waals surface area contributed by atoms with Crippen molar-refractivity contribution in [3.8, 4) is 5.75 Å². The lowest BCUT2D eigenvalue weighted by atomic mass is 9.83. The second-order valence-electron chi connectivity index (χ2n) is 11.4. The molecular formula is C30H38ClN7O5S. The van der Waals surface area contributed by atoms with Crippen molar-refractivity contribution in [3.05, 3.63) is 53.7 Å². The van der Waals surface area contributed by atoms with Crippen LogP contribution in [0.25, 0.3) is 0 Å². The highest BCUT2D eigenvalue weighted by atomic mass is 35.5. The zero-order chi connectivity index (χ0) is 31.4. The number of benzene rings is 2. The van der Waals surface area contributed by atoms with Gasteiger partial charge >= 0.3 is 5.97 Å². The Labute approximate surface area is 263 Å². The largest absolute Gasteiger partial charge is 0.494 e. The summed E-state index contributed by atoms with van der Waals surface area (Å²) in [6.07, 6.45) is 5.99. The summed E-state index contributed by atoms with van der Waals surface area (Å²) in [5, 5.41) is 15.6. The Balaban J connectivity index is 1.22. The van der Waals surface area contributed by atoms with Crippen molar-refractivity contribution in [2.45, 2.75) is 19.3 Å². The number of rotatable bonds is 12. The predicted octanol–water partition coefficient (Wildman–Crippen LogP) is 4.64. The topological polar surface area (TPSA) is 140 Å². The molecule has 0 spiro atoms. The number of hydrogen-bond donors (Lipinski definition) is 3. The van der Waals surface area contributed by atoms with E-state index >= 15 is 0 Å². The summed E-state index contributed by atoms with van der Waals surface area (Å²) in [5.74, 6) is 1.75. The van der Waals surface area contributed by atoms with E-state index in [1.54, 1.807) is 31.4 Å². The van der Waals surface area contributed by atoms with Gasteiger partial charge in [-0.15, -0.1) is 0 Å². The molecule has 14 heteroatoms. The Bertz CT molecular complexity index is 1590. The number of piperidine rings is 1. The molecule has 2 aliphatic heterocycles. The molecule has 3 aromatic rings. The van der Waals surface area contributed by atoms with Gasteiger partial charge in [0.15, 0.2) is 5.82 Å². The second-order valence-corrected chi connectivity index (χ2v) is 13.8. The maximum Gasteiger partial charge on any atom is 0.317 e. The number of aliphatic carboxylic acids is 1. The summed E-state index contributed by atoms with van der Waals surface area (Å²) in [6, 6.07) is 13.0. The van der Waals surface area contributed by atoms with Crippen molar-refractivity contribution in [2.24, 2.45) is 11.8 Å². The van der Waals surface area contributed by atoms with Crippen molar-refractivity contribution in [1.82, 2.24) is 14.9 Å². The third-order valence-corrected chi connectivity index (χ3v) is 9.68. The number of anilines is 6. The Hall–Kier alpha value is -3.81. The Kier molecular flexibility index (Phi) is 9.66. The SMILES string of the molecule is COc1cc(N2CCC(CC3CN(CC(=O)O)C3)CC2)ccc1Nc1ncc(Cl)c(Nc2ccccc2N(C)S(C)(=O)=O)n1. The van der Waals surface area contributed by atoms with E-state index in [-0.39, 0.29) is 17.5 Å². The van der Waals surface area contributed by atoms with Gasteiger partial charge in [-0.3, -0.25) is 14.0 Å². The van der Waals surface area contributed by atoms with Gasteiger partial charge in [-0.1, -0.05) is 23.7 Å². The summed E-state index contributed by atoms with van der Waals surface area (Å²) in [4.78, 5) is 24.1. The second kappa shape index (κ2) is 13.4. The Morgan fingerprint density at radius 3 is 2.52 bits per heavy atom. The van der Waals surface area contributed by atoms with Gasteiger partial charge in [0.2, 0.25) is 16.0 Å². The van der Waals surface area contributed by atoms with Gasteiger partial charge < -0.3 is 25.4 Å². The van der Waals surface area contributed by atoms with E-state index in [0.29, 0.717) is 40.5 Å². The van der Waals surface area contributed by atoms with E-state index in [1.165, 1.54) is 17.5 Å². The van der Waals surface area contributed by atoms with Gasteiger partial charge in [-0.05, 0) is 55.4 Å². The normalized spacial score (nSPS) is 16.3. The summed E-state index contributed by atoms with van der Waals surface area (Å²) in [6.45, 7) is 3.83. The first-order valence-corrected chi connectivity index (χ1v) is 16.7. The van der Waals surface area contributed by atoms with Gasteiger partial charge in [-0.2, -0.15) is 4.98 Å². The zero-order valence-electron chi connectivity index (χ0n) is 25.0. The summed E-state index contributed by atoms with van der Waals surface area (Å²) >= 11 is 6.41. The molecule has 2 fully saturated rings. The predicted molar refractivity (Wildman–Crippen MR) is 173 cm³/mol. The molecule has 1 aromatic heterocycles. The van der Waals surface area contributed by atoms with Crippen LogP contribution in [0, 0.1) is 11.8 Å². The first-order chi connectivity index (χ1) is 21.0. The van der Waals surface area contributed by atoms with Crippen molar-refractivity contribution in [1.29, 1.82) is 0 Å². The number of hydrogen-bond acceptors (Lipinski definition) is 10. The summed E-state index contributed by atoms with van der Waals surface area (Å²) in [7, 11) is -0.379. The van der Waals surface area contributed by atoms with Crippen LogP contribution < -0.4 is 24.6 Å². The fourth-order valence-electron chi connectivity index (χ4n) is 5.82. The number of likely N-dealkylation sites (tertiary alicyclic amines) is 1. The summed E-state index contributed by atoms with van der Waals surface area (Å²) < 4.78 is 31.2. The van der Waals surface area contributed by atoms with Crippen molar-refractivity contribution in [3.63, 3.8) is 0 Å².